The molecule has 1 N–H and O–H groups in total. The summed E-state index contributed by atoms with van der Waals surface area (Å²) in [5.41, 5.74) is 4.55. The predicted octanol–water partition coefficient (Wildman–Crippen LogP) is 7.89. The first-order valence-electron chi connectivity index (χ1n) is 18.9. The maximum atomic E-state index is 14.1. The molecule has 5 aromatic rings. The summed E-state index contributed by atoms with van der Waals surface area (Å²) < 4.78 is 18.5. The highest BCUT2D eigenvalue weighted by atomic mass is 35.5. The second-order valence-corrected chi connectivity index (χ2v) is 14.7. The average molecular weight is 781 g/mol. The van der Waals surface area contributed by atoms with Gasteiger partial charge in [0.2, 0.25) is 11.5 Å². The fourth-order valence-corrected chi connectivity index (χ4v) is 7.85. The van der Waals surface area contributed by atoms with Crippen molar-refractivity contribution in [3.05, 3.63) is 118 Å². The number of piperidine rings is 1. The van der Waals surface area contributed by atoms with E-state index in [4.69, 9.17) is 30.8 Å². The first-order chi connectivity index (χ1) is 27.1. The lowest BCUT2D eigenvalue weighted by atomic mass is 9.90. The number of hydrogen-bond donors (Lipinski definition) is 1. The van der Waals surface area contributed by atoms with Crippen molar-refractivity contribution in [2.45, 2.75) is 44.6 Å². The molecule has 1 amide bonds. The van der Waals surface area contributed by atoms with Crippen LogP contribution in [-0.4, -0.2) is 96.7 Å². The van der Waals surface area contributed by atoms with Gasteiger partial charge in [-0.1, -0.05) is 48.0 Å². The number of aromatic carboxylic acids is 1. The average Bonchev–Trinajstić information content (AvgIpc) is 3.59. The number of carboxylic acid groups (broad SMARTS) is 1. The second kappa shape index (κ2) is 18.5. The molecule has 1 atom stereocenters. The Morgan fingerprint density at radius 3 is 2.21 bits per heavy atom. The first-order valence-corrected chi connectivity index (χ1v) is 19.3. The van der Waals surface area contributed by atoms with Crippen molar-refractivity contribution < 1.29 is 33.7 Å². The number of aryl methyl sites for hydroxylation is 2. The Kier molecular flexibility index (Phi) is 13.3. The highest BCUT2D eigenvalue weighted by molar-refractivity contribution is 6.30. The minimum Gasteiger partial charge on any atom is -0.493 e. The summed E-state index contributed by atoms with van der Waals surface area (Å²) in [5.74, 6) is 0.609. The van der Waals surface area contributed by atoms with Gasteiger partial charge in [0, 0.05) is 42.6 Å². The molecule has 1 fully saturated rings. The molecule has 11 nitrogen and oxygen atoms in total. The summed E-state index contributed by atoms with van der Waals surface area (Å²) in [6.45, 7) is 3.46. The molecule has 1 saturated heterocycles. The Balaban J connectivity index is 1.09. The van der Waals surface area contributed by atoms with E-state index in [0.717, 1.165) is 73.9 Å². The van der Waals surface area contributed by atoms with E-state index < -0.39 is 5.97 Å². The standard InChI is InChI=1S/C44H49ClN4O7/c1-47(43(51)34-26-38(54-2)41(56-4)39(27-34)55-3)28-33(32-10-7-11-35(45)25-32)20-24-48-22-18-30(19-23-48)40(50)42-46-36-12-5-6-13-37(36)49(42)21-8-9-29-14-16-31(17-15-29)44(52)53/h5-7,10-17,25-27,30,33H,8-9,18-24,28H2,1-4H3,(H,52,53). The minimum atomic E-state index is -0.941. The number of rotatable bonds is 17. The van der Waals surface area contributed by atoms with Crippen LogP contribution in [0.25, 0.3) is 11.0 Å². The summed E-state index contributed by atoms with van der Waals surface area (Å²) in [6, 6.07) is 26.0. The van der Waals surface area contributed by atoms with Gasteiger partial charge in [-0.05, 0) is 111 Å². The molecular formula is C44H49ClN4O7. The van der Waals surface area contributed by atoms with Crippen molar-refractivity contribution in [3.8, 4) is 17.2 Å². The normalized spacial score (nSPS) is 14.0. The number of ether oxygens (including phenoxy) is 3. The molecule has 56 heavy (non-hydrogen) atoms. The molecule has 0 saturated carbocycles. The van der Waals surface area contributed by atoms with Crippen LogP contribution in [0.15, 0.2) is 84.9 Å². The van der Waals surface area contributed by atoms with Gasteiger partial charge in [-0.3, -0.25) is 9.59 Å². The van der Waals surface area contributed by atoms with Gasteiger partial charge in [0.15, 0.2) is 17.3 Å². The van der Waals surface area contributed by atoms with Crippen molar-refractivity contribution in [2.24, 2.45) is 5.92 Å². The molecule has 2 heterocycles. The van der Waals surface area contributed by atoms with Gasteiger partial charge in [-0.15, -0.1) is 0 Å². The SMILES string of the molecule is COc1cc(C(=O)N(C)CC(CCN2CCC(C(=O)c3nc4ccccc4n3CCCc3ccc(C(=O)O)cc3)CC2)c2cccc(Cl)c2)cc(OC)c1OC. The highest BCUT2D eigenvalue weighted by Gasteiger charge is 2.30. The van der Waals surface area contributed by atoms with E-state index in [9.17, 15) is 19.5 Å². The van der Waals surface area contributed by atoms with Crippen molar-refractivity contribution in [3.63, 3.8) is 0 Å². The van der Waals surface area contributed by atoms with Gasteiger partial charge in [-0.25, -0.2) is 9.78 Å². The molecule has 0 spiro atoms. The number of carbonyl (C=O) groups excluding carboxylic acids is 2. The van der Waals surface area contributed by atoms with Gasteiger partial charge in [0.1, 0.15) is 0 Å². The number of halogens is 1. The molecule has 1 aliphatic rings. The number of aromatic nitrogens is 2. The van der Waals surface area contributed by atoms with Crippen molar-refractivity contribution in [2.75, 3.05) is 54.6 Å². The zero-order valence-electron chi connectivity index (χ0n) is 32.4. The largest absolute Gasteiger partial charge is 0.493 e. The van der Waals surface area contributed by atoms with Crippen molar-refractivity contribution in [1.82, 2.24) is 19.4 Å². The fourth-order valence-electron chi connectivity index (χ4n) is 7.65. The van der Waals surface area contributed by atoms with Gasteiger partial charge in [0.25, 0.3) is 5.91 Å². The van der Waals surface area contributed by atoms with Crippen LogP contribution in [0.3, 0.4) is 0 Å². The number of ketones is 1. The summed E-state index contributed by atoms with van der Waals surface area (Å²) in [4.78, 5) is 48.1. The van der Waals surface area contributed by atoms with Gasteiger partial charge < -0.3 is 33.7 Å². The fraction of sp³-hybridized carbons (Fsp3) is 0.364. The maximum absolute atomic E-state index is 14.1. The highest BCUT2D eigenvalue weighted by Crippen LogP contribution is 2.39. The number of nitrogens with zero attached hydrogens (tertiary/aromatic N) is 4. The zero-order valence-corrected chi connectivity index (χ0v) is 33.1. The zero-order chi connectivity index (χ0) is 39.8. The van der Waals surface area contributed by atoms with Crippen LogP contribution in [0, 0.1) is 5.92 Å². The number of fused-ring (bicyclic) bond motifs is 1. The lowest BCUT2D eigenvalue weighted by Crippen LogP contribution is -2.38. The van der Waals surface area contributed by atoms with Crippen LogP contribution in [0.4, 0.5) is 0 Å². The number of methoxy groups -OCH3 is 3. The van der Waals surface area contributed by atoms with Crippen LogP contribution < -0.4 is 14.2 Å². The molecule has 0 bridgehead atoms. The third kappa shape index (κ3) is 9.34. The number of carbonyl (C=O) groups is 3. The summed E-state index contributed by atoms with van der Waals surface area (Å²) in [6.07, 6.45) is 3.80. The quantitative estimate of drug-likeness (QED) is 0.0939. The number of hydrogen-bond acceptors (Lipinski definition) is 8. The number of likely N-dealkylation sites (tertiary alicyclic amines) is 1. The Hall–Kier alpha value is -5.39. The molecule has 6 rings (SSSR count). The number of benzene rings is 4. The van der Waals surface area contributed by atoms with Crippen molar-refractivity contribution in [1.29, 1.82) is 0 Å². The van der Waals surface area contributed by atoms with E-state index >= 15 is 0 Å². The molecule has 1 aromatic heterocycles. The minimum absolute atomic E-state index is 0.0130. The molecule has 0 radical (unpaired) electrons. The van der Waals surface area contributed by atoms with Crippen LogP contribution >= 0.6 is 11.6 Å². The Morgan fingerprint density at radius 2 is 1.57 bits per heavy atom. The van der Waals surface area contributed by atoms with Crippen LogP contribution in [0.1, 0.15) is 74.1 Å². The number of carboxylic acids is 1. The lowest BCUT2D eigenvalue weighted by molar-refractivity contribution is 0.0695. The van der Waals surface area contributed by atoms with Crippen LogP contribution in [-0.2, 0) is 13.0 Å². The third-order valence-corrected chi connectivity index (χ3v) is 11.0. The molecule has 1 unspecified atom stereocenters. The third-order valence-electron chi connectivity index (χ3n) is 10.7. The Labute approximate surface area is 332 Å². The van der Waals surface area contributed by atoms with Gasteiger partial charge in [-0.2, -0.15) is 0 Å². The number of likely N-dealkylation sites (N-methyl/N-ethyl adjacent to an activating group) is 1. The van der Waals surface area contributed by atoms with E-state index in [1.807, 2.05) is 54.6 Å². The number of amides is 1. The lowest BCUT2D eigenvalue weighted by Gasteiger charge is -2.33. The maximum Gasteiger partial charge on any atom is 0.335 e. The first kappa shape index (κ1) is 40.3. The van der Waals surface area contributed by atoms with Crippen LogP contribution in [0.5, 0.6) is 17.2 Å². The van der Waals surface area contributed by atoms with E-state index in [1.54, 1.807) is 36.2 Å². The van der Waals surface area contributed by atoms with E-state index in [-0.39, 0.29) is 29.1 Å². The number of Topliss-reactive ketones (excluding diaryl/α,β-unsaturated/α-hetero) is 1. The molecule has 294 valence electrons. The molecular weight excluding hydrogens is 732 g/mol. The van der Waals surface area contributed by atoms with Crippen LogP contribution in [0.2, 0.25) is 5.02 Å². The topological polar surface area (TPSA) is 123 Å². The number of imidazole rings is 1. The molecule has 0 aliphatic carbocycles. The molecule has 4 aromatic carbocycles. The van der Waals surface area contributed by atoms with Gasteiger partial charge in [0.05, 0.1) is 37.9 Å². The smallest absolute Gasteiger partial charge is 0.335 e. The summed E-state index contributed by atoms with van der Waals surface area (Å²) in [7, 11) is 6.37. The van der Waals surface area contributed by atoms with E-state index in [1.165, 1.54) is 21.3 Å². The Morgan fingerprint density at radius 1 is 0.875 bits per heavy atom. The number of para-hydroxylation sites is 2. The van der Waals surface area contributed by atoms with E-state index in [2.05, 4.69) is 15.5 Å². The monoisotopic (exact) mass is 780 g/mol. The van der Waals surface area contributed by atoms with E-state index in [0.29, 0.717) is 46.7 Å². The predicted molar refractivity (Wildman–Crippen MR) is 217 cm³/mol. The van der Waals surface area contributed by atoms with Crippen molar-refractivity contribution >= 4 is 40.3 Å². The van der Waals surface area contributed by atoms with Gasteiger partial charge >= 0.3 is 5.97 Å². The Bertz CT molecular complexity index is 2140. The summed E-state index contributed by atoms with van der Waals surface area (Å²) >= 11 is 6.44. The summed E-state index contributed by atoms with van der Waals surface area (Å²) in [5, 5.41) is 9.87. The molecule has 1 aliphatic heterocycles. The molecule has 12 heteroatoms. The second-order valence-electron chi connectivity index (χ2n) is 14.3.